The maximum atomic E-state index is 11.9. The number of aromatic nitrogens is 1. The van der Waals surface area contributed by atoms with E-state index in [1.165, 1.54) is 25.6 Å². The third-order valence-electron chi connectivity index (χ3n) is 2.15. The zero-order valence-electron chi connectivity index (χ0n) is 10.5. The quantitative estimate of drug-likeness (QED) is 0.575. The number of hydrogen-bond acceptors (Lipinski definition) is 5. The van der Waals surface area contributed by atoms with Crippen molar-refractivity contribution < 1.29 is 19.4 Å². The number of carbonyl (C=O) groups is 2. The van der Waals surface area contributed by atoms with Crippen molar-refractivity contribution in [1.29, 1.82) is 0 Å². The van der Waals surface area contributed by atoms with E-state index in [4.69, 9.17) is 5.11 Å². The van der Waals surface area contributed by atoms with Crippen LogP contribution >= 0.6 is 0 Å². The van der Waals surface area contributed by atoms with E-state index >= 15 is 0 Å². The van der Waals surface area contributed by atoms with E-state index in [1.54, 1.807) is 0 Å². The summed E-state index contributed by atoms with van der Waals surface area (Å²) >= 11 is 0. The summed E-state index contributed by atoms with van der Waals surface area (Å²) in [5.41, 5.74) is 0.766. The van der Waals surface area contributed by atoms with Gasteiger partial charge in [0.15, 0.2) is 0 Å². The molecule has 6 nitrogen and oxygen atoms in total. The van der Waals surface area contributed by atoms with Crippen LogP contribution in [0.4, 0.5) is 0 Å². The van der Waals surface area contributed by atoms with Crippen molar-refractivity contribution >= 4 is 11.9 Å². The van der Waals surface area contributed by atoms with Crippen LogP contribution in [-0.2, 0) is 9.53 Å². The third-order valence-corrected chi connectivity index (χ3v) is 2.15. The Morgan fingerprint density at radius 3 is 3.00 bits per heavy atom. The highest BCUT2D eigenvalue weighted by Gasteiger charge is 2.11. The molecular weight excluding hydrogens is 248 g/mol. The fourth-order valence-corrected chi connectivity index (χ4v) is 1.23. The molecule has 1 aromatic rings. The van der Waals surface area contributed by atoms with Gasteiger partial charge in [-0.15, -0.1) is 0 Å². The summed E-state index contributed by atoms with van der Waals surface area (Å²) in [5, 5.41) is 11.1. The predicted octanol–water partition coefficient (Wildman–Crippen LogP) is -0.282. The summed E-state index contributed by atoms with van der Waals surface area (Å²) in [4.78, 5) is 26.7. The molecule has 0 aliphatic heterocycles. The Hall–Kier alpha value is -2.39. The lowest BCUT2D eigenvalue weighted by Gasteiger charge is -2.05. The molecule has 1 amide bonds. The highest BCUT2D eigenvalue weighted by Crippen LogP contribution is 2.05. The number of aliphatic hydroxyl groups excluding tert-OH is 1. The monoisotopic (exact) mass is 262 g/mol. The number of ether oxygens (including phenoxy) is 1. The molecule has 0 aliphatic rings. The molecule has 0 atom stereocenters. The number of amides is 1. The predicted molar refractivity (Wildman–Crippen MR) is 67.2 cm³/mol. The molecule has 19 heavy (non-hydrogen) atoms. The minimum atomic E-state index is -0.532. The van der Waals surface area contributed by atoms with Gasteiger partial charge in [0, 0.05) is 18.8 Å². The van der Waals surface area contributed by atoms with Gasteiger partial charge >= 0.3 is 5.97 Å². The van der Waals surface area contributed by atoms with Gasteiger partial charge in [-0.3, -0.25) is 14.6 Å². The zero-order valence-corrected chi connectivity index (χ0v) is 10.5. The minimum Gasteiger partial charge on any atom is -0.468 e. The largest absolute Gasteiger partial charge is 0.468 e. The van der Waals surface area contributed by atoms with E-state index in [0.29, 0.717) is 17.5 Å². The molecule has 0 saturated carbocycles. The number of hydrogen-bond donors (Lipinski definition) is 2. The molecule has 0 bridgehead atoms. The molecule has 0 aliphatic carbocycles. The van der Waals surface area contributed by atoms with Crippen LogP contribution in [0.25, 0.3) is 0 Å². The number of rotatable bonds is 4. The van der Waals surface area contributed by atoms with Gasteiger partial charge in [-0.25, -0.2) is 0 Å². The second-order valence-corrected chi connectivity index (χ2v) is 3.46. The maximum Gasteiger partial charge on any atom is 0.325 e. The molecule has 0 fully saturated rings. The number of methoxy groups -OCH3 is 1. The molecule has 100 valence electrons. The topological polar surface area (TPSA) is 88.5 Å². The molecule has 0 spiro atoms. The van der Waals surface area contributed by atoms with Crippen LogP contribution in [0.15, 0.2) is 18.5 Å². The van der Waals surface area contributed by atoms with Crippen LogP contribution in [-0.4, -0.2) is 42.2 Å². The summed E-state index contributed by atoms with van der Waals surface area (Å²) in [6.45, 7) is -0.252. The van der Waals surface area contributed by atoms with Gasteiger partial charge in [0.25, 0.3) is 5.91 Å². The van der Waals surface area contributed by atoms with Gasteiger partial charge in [-0.05, 0) is 6.07 Å². The number of carbonyl (C=O) groups excluding carboxylic acids is 2. The van der Waals surface area contributed by atoms with E-state index in [-0.39, 0.29) is 13.2 Å². The second-order valence-electron chi connectivity index (χ2n) is 3.46. The summed E-state index contributed by atoms with van der Waals surface area (Å²) in [5.74, 6) is 4.50. The van der Waals surface area contributed by atoms with Gasteiger partial charge < -0.3 is 15.2 Å². The van der Waals surface area contributed by atoms with E-state index < -0.39 is 11.9 Å². The van der Waals surface area contributed by atoms with E-state index in [2.05, 4.69) is 26.9 Å². The molecule has 2 N–H and O–H groups in total. The summed E-state index contributed by atoms with van der Waals surface area (Å²) in [6, 6.07) is 1.51. The molecule has 1 heterocycles. The van der Waals surface area contributed by atoms with Gasteiger partial charge in [0.1, 0.15) is 6.54 Å². The molecular formula is C13H14N2O4. The van der Waals surface area contributed by atoms with Crippen molar-refractivity contribution in [3.8, 4) is 11.8 Å². The maximum absolute atomic E-state index is 11.9. The molecule has 0 aromatic carbocycles. The average molecular weight is 262 g/mol. The summed E-state index contributed by atoms with van der Waals surface area (Å²) < 4.78 is 4.42. The Morgan fingerprint density at radius 1 is 1.53 bits per heavy atom. The smallest absolute Gasteiger partial charge is 0.325 e. The lowest BCUT2D eigenvalue weighted by molar-refractivity contribution is -0.139. The van der Waals surface area contributed by atoms with Crippen LogP contribution in [0.1, 0.15) is 22.3 Å². The number of aliphatic hydroxyl groups is 1. The fourth-order valence-electron chi connectivity index (χ4n) is 1.23. The van der Waals surface area contributed by atoms with Gasteiger partial charge in [0.05, 0.1) is 24.8 Å². The number of nitrogens with one attached hydrogen (secondary N) is 1. The van der Waals surface area contributed by atoms with Crippen molar-refractivity contribution in [2.24, 2.45) is 0 Å². The molecule has 1 aromatic heterocycles. The van der Waals surface area contributed by atoms with Crippen molar-refractivity contribution in [2.75, 3.05) is 20.3 Å². The van der Waals surface area contributed by atoms with Gasteiger partial charge in [0.2, 0.25) is 0 Å². The van der Waals surface area contributed by atoms with Crippen LogP contribution in [0.2, 0.25) is 0 Å². The first-order chi connectivity index (χ1) is 9.19. The van der Waals surface area contributed by atoms with Crippen LogP contribution in [0.5, 0.6) is 0 Å². The van der Waals surface area contributed by atoms with E-state index in [9.17, 15) is 9.59 Å². The molecule has 0 saturated heterocycles. The molecule has 1 rings (SSSR count). The third kappa shape index (κ3) is 4.77. The average Bonchev–Trinajstić information content (AvgIpc) is 2.45. The number of pyridine rings is 1. The summed E-state index contributed by atoms with van der Waals surface area (Å²) in [7, 11) is 1.24. The lowest BCUT2D eigenvalue weighted by Crippen LogP contribution is -2.30. The molecule has 6 heteroatoms. The first-order valence-corrected chi connectivity index (χ1v) is 5.57. The fraction of sp³-hybridized carbons (Fsp3) is 0.308. The molecule has 0 radical (unpaired) electrons. The SMILES string of the molecule is COC(=O)CNC(=O)c1ccncc1C#CCCO. The normalized spacial score (nSPS) is 9.16. The van der Waals surface area contributed by atoms with Crippen molar-refractivity contribution in [3.63, 3.8) is 0 Å². The van der Waals surface area contributed by atoms with Crippen LogP contribution < -0.4 is 5.32 Å². The Labute approximate surface area is 110 Å². The Bertz CT molecular complexity index is 517. The summed E-state index contributed by atoms with van der Waals surface area (Å²) in [6.07, 6.45) is 3.24. The Morgan fingerprint density at radius 2 is 2.32 bits per heavy atom. The van der Waals surface area contributed by atoms with Crippen molar-refractivity contribution in [2.45, 2.75) is 6.42 Å². The highest BCUT2D eigenvalue weighted by molar-refractivity contribution is 5.98. The number of esters is 1. The van der Waals surface area contributed by atoms with E-state index in [1.807, 2.05) is 0 Å². The number of nitrogens with zero attached hydrogens (tertiary/aromatic N) is 1. The van der Waals surface area contributed by atoms with Crippen LogP contribution in [0.3, 0.4) is 0 Å². The van der Waals surface area contributed by atoms with Crippen molar-refractivity contribution in [1.82, 2.24) is 10.3 Å². The minimum absolute atomic E-state index is 0.0445. The first kappa shape index (κ1) is 14.7. The first-order valence-electron chi connectivity index (χ1n) is 5.57. The standard InChI is InChI=1S/C13H14N2O4/c1-19-12(17)9-15-13(18)11-5-6-14-8-10(11)4-2-3-7-16/h5-6,8,16H,3,7,9H2,1H3,(H,15,18). The van der Waals surface area contributed by atoms with Gasteiger partial charge in [-0.2, -0.15) is 0 Å². The van der Waals surface area contributed by atoms with E-state index in [0.717, 1.165) is 0 Å². The van der Waals surface area contributed by atoms with Crippen molar-refractivity contribution in [3.05, 3.63) is 29.6 Å². The van der Waals surface area contributed by atoms with Crippen LogP contribution in [0, 0.1) is 11.8 Å². The zero-order chi connectivity index (χ0) is 14.1. The highest BCUT2D eigenvalue weighted by atomic mass is 16.5. The second kappa shape index (κ2) is 7.84. The lowest BCUT2D eigenvalue weighted by atomic mass is 10.1. The molecule has 0 unspecified atom stereocenters. The Balaban J connectivity index is 2.80. The Kier molecular flexibility index (Phi) is 6.06. The van der Waals surface area contributed by atoms with Gasteiger partial charge in [-0.1, -0.05) is 11.8 Å².